The number of hydrogen-bond donors (Lipinski definition) is 2. The van der Waals surface area contributed by atoms with Crippen molar-refractivity contribution < 1.29 is 31.1 Å². The molecule has 1 atom stereocenters. The number of rotatable bonds is 7. The van der Waals surface area contributed by atoms with Gasteiger partial charge in [-0.25, -0.2) is 19.5 Å². The van der Waals surface area contributed by atoms with Crippen LogP contribution in [0.3, 0.4) is 0 Å². The highest BCUT2D eigenvalue weighted by atomic mass is 35.5. The minimum atomic E-state index is -4.84. The van der Waals surface area contributed by atoms with E-state index in [1.807, 2.05) is 0 Å². The van der Waals surface area contributed by atoms with Gasteiger partial charge in [0.15, 0.2) is 11.6 Å². The molecule has 0 radical (unpaired) electrons. The summed E-state index contributed by atoms with van der Waals surface area (Å²) in [4.78, 5) is 28.7. The molecule has 1 amide bonds. The second-order valence-electron chi connectivity index (χ2n) is 8.00. The van der Waals surface area contributed by atoms with Crippen molar-refractivity contribution in [1.82, 2.24) is 24.6 Å². The Labute approximate surface area is 214 Å². The zero-order valence-electron chi connectivity index (χ0n) is 19.0. The van der Waals surface area contributed by atoms with Gasteiger partial charge in [0.05, 0.1) is 12.0 Å². The molecule has 0 bridgehead atoms. The van der Waals surface area contributed by atoms with E-state index in [-0.39, 0.29) is 17.2 Å². The van der Waals surface area contributed by atoms with E-state index in [2.05, 4.69) is 20.5 Å². The topological polar surface area (TPSA) is 123 Å². The van der Waals surface area contributed by atoms with Crippen LogP contribution < -0.4 is 21.7 Å². The lowest BCUT2D eigenvalue weighted by Gasteiger charge is -2.22. The maximum Gasteiger partial charge on any atom is 0.420 e. The van der Waals surface area contributed by atoms with Gasteiger partial charge in [0, 0.05) is 23.3 Å². The Morgan fingerprint density at radius 2 is 1.79 bits per heavy atom. The van der Waals surface area contributed by atoms with E-state index in [0.717, 1.165) is 27.6 Å². The molecule has 38 heavy (non-hydrogen) atoms. The normalized spacial score (nSPS) is 15.9. The highest BCUT2D eigenvalue weighted by Gasteiger charge is 2.41. The molecule has 0 spiro atoms. The fraction of sp³-hybridized carbons (Fsp3) is 0.286. The first-order valence-electron chi connectivity index (χ1n) is 10.7. The summed E-state index contributed by atoms with van der Waals surface area (Å²) in [6.45, 7) is -1.29. The van der Waals surface area contributed by atoms with Crippen LogP contribution in [0, 0.1) is 0 Å². The molecule has 17 heteroatoms. The lowest BCUT2D eigenvalue weighted by molar-refractivity contribution is -0.138. The molecule has 202 valence electrons. The maximum absolute atomic E-state index is 13.5. The number of nitrogens with zero attached hydrogens (tertiary/aromatic N) is 6. The van der Waals surface area contributed by atoms with E-state index in [9.17, 15) is 35.9 Å². The molecule has 1 aliphatic heterocycles. The standard InChI is InChI=1S/C21H17ClF6N8O2/c22-12-5-3-11(4-6-12)16-33-35(19(38)34(16)9-7-20(23,24)25)10-14-31-18(15(29)37)36(32-14)17-13(21(26,27)28)2-1-8-30-17/h1-6,8,18H,7,9-10H2,(H2,29,37)(H,31,32). The molecular weight excluding hydrogens is 546 g/mol. The molecule has 0 saturated heterocycles. The van der Waals surface area contributed by atoms with Crippen LogP contribution in [0.4, 0.5) is 32.2 Å². The number of aromatic nitrogens is 4. The highest BCUT2D eigenvalue weighted by Crippen LogP contribution is 2.36. The minimum Gasteiger partial charge on any atom is -0.366 e. The summed E-state index contributed by atoms with van der Waals surface area (Å²) in [5.74, 6) is -2.15. The zero-order chi connectivity index (χ0) is 27.8. The van der Waals surface area contributed by atoms with E-state index in [0.29, 0.717) is 10.0 Å². The summed E-state index contributed by atoms with van der Waals surface area (Å²) >= 11 is 5.87. The molecule has 4 rings (SSSR count). The smallest absolute Gasteiger partial charge is 0.366 e. The van der Waals surface area contributed by atoms with Gasteiger partial charge in [0.2, 0.25) is 6.17 Å². The Morgan fingerprint density at radius 3 is 2.39 bits per heavy atom. The number of carbonyl (C=O) groups is 1. The number of pyridine rings is 1. The second kappa shape index (κ2) is 10.00. The molecule has 1 aromatic carbocycles. The van der Waals surface area contributed by atoms with Gasteiger partial charge < -0.3 is 11.1 Å². The van der Waals surface area contributed by atoms with E-state index >= 15 is 0 Å². The van der Waals surface area contributed by atoms with Crippen molar-refractivity contribution in [3.63, 3.8) is 0 Å². The Balaban J connectivity index is 1.72. The maximum atomic E-state index is 13.5. The van der Waals surface area contributed by atoms with Crippen molar-refractivity contribution in [2.24, 2.45) is 10.8 Å². The number of primary amides is 1. The van der Waals surface area contributed by atoms with Crippen molar-refractivity contribution in [1.29, 1.82) is 0 Å². The number of hydrogen-bond acceptors (Lipinski definition) is 7. The number of benzene rings is 1. The Hall–Kier alpha value is -4.08. The SMILES string of the molecule is NC(=O)C1NC(Cn2nc(-c3ccc(Cl)cc3)n(CCC(F)(F)F)c2=O)=NN1c1ncccc1C(F)(F)F. The Kier molecular flexibility index (Phi) is 7.10. The number of hydrazone groups is 1. The fourth-order valence-electron chi connectivity index (χ4n) is 3.61. The third-order valence-electron chi connectivity index (χ3n) is 5.30. The van der Waals surface area contributed by atoms with Crippen molar-refractivity contribution in [2.45, 2.75) is 38.0 Å². The van der Waals surface area contributed by atoms with E-state index in [4.69, 9.17) is 17.3 Å². The third-order valence-corrected chi connectivity index (χ3v) is 5.55. The summed E-state index contributed by atoms with van der Waals surface area (Å²) < 4.78 is 80.8. The zero-order valence-corrected chi connectivity index (χ0v) is 19.7. The Bertz CT molecular complexity index is 1430. The molecule has 2 aromatic heterocycles. The Morgan fingerprint density at radius 1 is 1.11 bits per heavy atom. The summed E-state index contributed by atoms with van der Waals surface area (Å²) in [5, 5.41) is 11.5. The first-order chi connectivity index (χ1) is 17.7. The number of nitrogens with one attached hydrogen (secondary N) is 1. The van der Waals surface area contributed by atoms with Crippen LogP contribution >= 0.6 is 11.6 Å². The molecule has 3 aromatic rings. The number of alkyl halides is 6. The van der Waals surface area contributed by atoms with E-state index in [1.165, 1.54) is 24.3 Å². The lowest BCUT2D eigenvalue weighted by atomic mass is 10.2. The molecule has 10 nitrogen and oxygen atoms in total. The van der Waals surface area contributed by atoms with Gasteiger partial charge in [0.1, 0.15) is 12.4 Å². The summed E-state index contributed by atoms with van der Waals surface area (Å²) in [5.41, 5.74) is 3.47. The van der Waals surface area contributed by atoms with Crippen molar-refractivity contribution in [3.05, 3.63) is 63.7 Å². The molecule has 0 fully saturated rings. The highest BCUT2D eigenvalue weighted by molar-refractivity contribution is 6.30. The van der Waals surface area contributed by atoms with Crippen LogP contribution in [-0.2, 0) is 24.1 Å². The summed E-state index contributed by atoms with van der Waals surface area (Å²) in [7, 11) is 0. The van der Waals surface area contributed by atoms with Crippen molar-refractivity contribution in [2.75, 3.05) is 5.01 Å². The number of amidine groups is 1. The molecule has 1 aliphatic rings. The van der Waals surface area contributed by atoms with Crippen molar-refractivity contribution in [3.8, 4) is 11.4 Å². The van der Waals surface area contributed by atoms with Gasteiger partial charge >= 0.3 is 18.0 Å². The predicted octanol–water partition coefficient (Wildman–Crippen LogP) is 2.97. The fourth-order valence-corrected chi connectivity index (χ4v) is 3.74. The quantitative estimate of drug-likeness (QED) is 0.427. The van der Waals surface area contributed by atoms with Crippen LogP contribution in [0.5, 0.6) is 0 Å². The van der Waals surface area contributed by atoms with Crippen LogP contribution in [0.1, 0.15) is 12.0 Å². The largest absolute Gasteiger partial charge is 0.420 e. The van der Waals surface area contributed by atoms with Crippen molar-refractivity contribution >= 4 is 29.2 Å². The molecule has 3 heterocycles. The average Bonchev–Trinajstić information content (AvgIpc) is 3.39. The first-order valence-corrected chi connectivity index (χ1v) is 11.1. The lowest BCUT2D eigenvalue weighted by Crippen LogP contribution is -2.49. The minimum absolute atomic E-state index is 0.109. The van der Waals surface area contributed by atoms with Gasteiger partial charge in [-0.15, -0.1) is 5.10 Å². The van der Waals surface area contributed by atoms with Crippen LogP contribution in [0.15, 0.2) is 52.5 Å². The first kappa shape index (κ1) is 27.0. The molecule has 1 unspecified atom stereocenters. The second-order valence-corrected chi connectivity index (χ2v) is 8.44. The number of amides is 1. The van der Waals surface area contributed by atoms with Crippen LogP contribution in [0.25, 0.3) is 11.4 Å². The van der Waals surface area contributed by atoms with Gasteiger partial charge in [-0.2, -0.15) is 31.4 Å². The molecule has 0 saturated carbocycles. The number of halogens is 7. The van der Waals surface area contributed by atoms with Gasteiger partial charge in [-0.05, 0) is 36.4 Å². The molecule has 0 aliphatic carbocycles. The van der Waals surface area contributed by atoms with Gasteiger partial charge in [-0.1, -0.05) is 11.6 Å². The molecule has 3 N–H and O–H groups in total. The average molecular weight is 563 g/mol. The predicted molar refractivity (Wildman–Crippen MR) is 123 cm³/mol. The van der Waals surface area contributed by atoms with Crippen LogP contribution in [0.2, 0.25) is 5.02 Å². The number of nitrogens with two attached hydrogens (primary N) is 1. The number of carbonyl (C=O) groups excluding carboxylic acids is 1. The van der Waals surface area contributed by atoms with E-state index < -0.39 is 61.0 Å². The molecular formula is C21H17ClF6N8O2. The number of anilines is 1. The monoisotopic (exact) mass is 562 g/mol. The van der Waals surface area contributed by atoms with Gasteiger partial charge in [-0.3, -0.25) is 9.36 Å². The van der Waals surface area contributed by atoms with E-state index in [1.54, 1.807) is 0 Å². The summed E-state index contributed by atoms with van der Waals surface area (Å²) in [6, 6.07) is 7.60. The summed E-state index contributed by atoms with van der Waals surface area (Å²) in [6.07, 6.45) is -11.3. The van der Waals surface area contributed by atoms with Crippen LogP contribution in [-0.4, -0.2) is 43.4 Å². The third kappa shape index (κ3) is 5.74. The van der Waals surface area contributed by atoms with Gasteiger partial charge in [0.25, 0.3) is 5.91 Å².